The molecule has 0 radical (unpaired) electrons. The molecule has 7 heteroatoms. The highest BCUT2D eigenvalue weighted by molar-refractivity contribution is 5.85. The van der Waals surface area contributed by atoms with Crippen molar-refractivity contribution in [2.24, 2.45) is 0 Å². The summed E-state index contributed by atoms with van der Waals surface area (Å²) in [6.07, 6.45) is -4.67. The van der Waals surface area contributed by atoms with Crippen LogP contribution in [-0.4, -0.2) is 19.8 Å². The number of hydrogen-bond acceptors (Lipinski definition) is 2. The van der Waals surface area contributed by atoms with Crippen LogP contribution in [0.15, 0.2) is 18.2 Å². The van der Waals surface area contributed by atoms with Crippen LogP contribution in [0.2, 0.25) is 0 Å². The average molecular weight is 286 g/mol. The maximum absolute atomic E-state index is 13.1. The SMILES string of the molecule is Cl.Fc1ccc([C@H]2COCCN2)cc1C(F)(F)F. The number of rotatable bonds is 1. The molecule has 2 nitrogen and oxygen atoms in total. The molecule has 1 fully saturated rings. The third-order valence-corrected chi connectivity index (χ3v) is 2.62. The number of halogens is 5. The molecule has 0 aliphatic carbocycles. The lowest BCUT2D eigenvalue weighted by molar-refractivity contribution is -0.140. The molecule has 1 aliphatic rings. The topological polar surface area (TPSA) is 21.3 Å². The fourth-order valence-electron chi connectivity index (χ4n) is 1.76. The van der Waals surface area contributed by atoms with E-state index < -0.39 is 17.6 Å². The summed E-state index contributed by atoms with van der Waals surface area (Å²) in [6.45, 7) is 1.40. The van der Waals surface area contributed by atoms with Crippen LogP contribution in [-0.2, 0) is 10.9 Å². The van der Waals surface area contributed by atoms with E-state index in [1.165, 1.54) is 6.07 Å². The fourth-order valence-corrected chi connectivity index (χ4v) is 1.76. The van der Waals surface area contributed by atoms with E-state index in [-0.39, 0.29) is 18.4 Å². The lowest BCUT2D eigenvalue weighted by Crippen LogP contribution is -2.34. The highest BCUT2D eigenvalue weighted by Gasteiger charge is 2.34. The minimum absolute atomic E-state index is 0. The van der Waals surface area contributed by atoms with Crippen LogP contribution in [0.25, 0.3) is 0 Å². The maximum Gasteiger partial charge on any atom is 0.419 e. The molecular weight excluding hydrogens is 274 g/mol. The first kappa shape index (κ1) is 15.2. The van der Waals surface area contributed by atoms with Crippen LogP contribution in [0.1, 0.15) is 17.2 Å². The van der Waals surface area contributed by atoms with Crippen LogP contribution < -0.4 is 5.32 Å². The highest BCUT2D eigenvalue weighted by Crippen LogP contribution is 2.33. The molecule has 0 unspecified atom stereocenters. The Morgan fingerprint density at radius 3 is 2.56 bits per heavy atom. The summed E-state index contributed by atoms with van der Waals surface area (Å²) < 4.78 is 55.7. The molecule has 0 saturated carbocycles. The van der Waals surface area contributed by atoms with E-state index in [1.54, 1.807) is 0 Å². The van der Waals surface area contributed by atoms with E-state index in [4.69, 9.17) is 4.74 Å². The third kappa shape index (κ3) is 3.34. The van der Waals surface area contributed by atoms with Crippen LogP contribution in [0.5, 0.6) is 0 Å². The van der Waals surface area contributed by atoms with Gasteiger partial charge in [0, 0.05) is 6.54 Å². The van der Waals surface area contributed by atoms with Gasteiger partial charge in [-0.25, -0.2) is 4.39 Å². The predicted molar refractivity (Wildman–Crippen MR) is 60.2 cm³/mol. The van der Waals surface area contributed by atoms with Crippen molar-refractivity contribution in [3.63, 3.8) is 0 Å². The van der Waals surface area contributed by atoms with Crippen LogP contribution in [0, 0.1) is 5.82 Å². The van der Waals surface area contributed by atoms with Crippen molar-refractivity contribution >= 4 is 12.4 Å². The van der Waals surface area contributed by atoms with Gasteiger partial charge in [-0.1, -0.05) is 6.07 Å². The Morgan fingerprint density at radius 2 is 2.00 bits per heavy atom. The largest absolute Gasteiger partial charge is 0.419 e. The van der Waals surface area contributed by atoms with Gasteiger partial charge >= 0.3 is 6.18 Å². The van der Waals surface area contributed by atoms with Crippen molar-refractivity contribution in [2.45, 2.75) is 12.2 Å². The Balaban J connectivity index is 0.00000162. The van der Waals surface area contributed by atoms with Gasteiger partial charge in [0.15, 0.2) is 0 Å². The fraction of sp³-hybridized carbons (Fsp3) is 0.455. The molecular formula is C11H12ClF4NO. The molecule has 1 aliphatic heterocycles. The summed E-state index contributed by atoms with van der Waals surface area (Å²) in [5, 5.41) is 3.02. The van der Waals surface area contributed by atoms with Gasteiger partial charge in [0.25, 0.3) is 0 Å². The first-order valence-corrected chi connectivity index (χ1v) is 5.16. The van der Waals surface area contributed by atoms with Gasteiger partial charge in [-0.15, -0.1) is 12.4 Å². The van der Waals surface area contributed by atoms with Crippen molar-refractivity contribution in [3.8, 4) is 0 Å². The number of nitrogens with one attached hydrogen (secondary N) is 1. The Kier molecular flexibility index (Phi) is 4.95. The summed E-state index contributed by atoms with van der Waals surface area (Å²) in [6, 6.07) is 2.71. The Hall–Kier alpha value is -0.850. The normalized spacial score (nSPS) is 20.3. The summed E-state index contributed by atoms with van der Waals surface area (Å²) in [5.41, 5.74) is -0.846. The number of alkyl halides is 3. The van der Waals surface area contributed by atoms with Gasteiger partial charge in [-0.2, -0.15) is 13.2 Å². The molecule has 102 valence electrons. The lowest BCUT2D eigenvalue weighted by Gasteiger charge is -2.24. The quantitative estimate of drug-likeness (QED) is 0.801. The average Bonchev–Trinajstić information content (AvgIpc) is 2.29. The molecule has 2 rings (SSSR count). The van der Waals surface area contributed by atoms with Gasteiger partial charge in [-0.3, -0.25) is 0 Å². The van der Waals surface area contributed by atoms with E-state index in [1.807, 2.05) is 0 Å². The number of hydrogen-bond donors (Lipinski definition) is 1. The highest BCUT2D eigenvalue weighted by atomic mass is 35.5. The second-order valence-electron chi connectivity index (χ2n) is 3.82. The first-order valence-electron chi connectivity index (χ1n) is 5.16. The lowest BCUT2D eigenvalue weighted by atomic mass is 10.0. The van der Waals surface area contributed by atoms with Crippen LogP contribution in [0.4, 0.5) is 17.6 Å². The summed E-state index contributed by atoms with van der Waals surface area (Å²) in [7, 11) is 0. The Labute approximate surface area is 108 Å². The standard InChI is InChI=1S/C11H11F4NO.ClH/c12-9-2-1-7(5-8(9)11(13,14)15)10-6-17-4-3-16-10;/h1-2,5,10,16H,3-4,6H2;1H/t10-;/m1./s1. The predicted octanol–water partition coefficient (Wildman–Crippen LogP) is 2.93. The molecule has 0 aromatic heterocycles. The van der Waals surface area contributed by atoms with Crippen molar-refractivity contribution < 1.29 is 22.3 Å². The molecule has 18 heavy (non-hydrogen) atoms. The Morgan fingerprint density at radius 1 is 1.28 bits per heavy atom. The molecule has 1 N–H and O–H groups in total. The minimum atomic E-state index is -4.67. The van der Waals surface area contributed by atoms with Gasteiger partial charge in [0.1, 0.15) is 5.82 Å². The first-order chi connectivity index (χ1) is 7.98. The zero-order valence-electron chi connectivity index (χ0n) is 9.26. The van der Waals surface area contributed by atoms with Crippen LogP contribution >= 0.6 is 12.4 Å². The van der Waals surface area contributed by atoms with Gasteiger partial charge < -0.3 is 10.1 Å². The minimum Gasteiger partial charge on any atom is -0.378 e. The molecule has 0 amide bonds. The Bertz CT molecular complexity index is 405. The zero-order chi connectivity index (χ0) is 12.5. The summed E-state index contributed by atoms with van der Waals surface area (Å²) in [5.74, 6) is -1.25. The second-order valence-corrected chi connectivity index (χ2v) is 3.82. The zero-order valence-corrected chi connectivity index (χ0v) is 10.1. The van der Waals surface area contributed by atoms with Crippen molar-refractivity contribution in [1.29, 1.82) is 0 Å². The van der Waals surface area contributed by atoms with E-state index in [2.05, 4.69) is 5.32 Å². The maximum atomic E-state index is 13.1. The smallest absolute Gasteiger partial charge is 0.378 e. The monoisotopic (exact) mass is 285 g/mol. The molecule has 0 spiro atoms. The molecule has 0 bridgehead atoms. The van der Waals surface area contributed by atoms with E-state index >= 15 is 0 Å². The molecule has 1 aromatic rings. The summed E-state index contributed by atoms with van der Waals surface area (Å²) >= 11 is 0. The third-order valence-electron chi connectivity index (χ3n) is 2.62. The molecule has 1 atom stereocenters. The van der Waals surface area contributed by atoms with Gasteiger partial charge in [0.05, 0.1) is 24.8 Å². The van der Waals surface area contributed by atoms with E-state index in [0.29, 0.717) is 25.3 Å². The van der Waals surface area contributed by atoms with E-state index in [9.17, 15) is 17.6 Å². The number of morpholine rings is 1. The van der Waals surface area contributed by atoms with Crippen molar-refractivity contribution in [1.82, 2.24) is 5.32 Å². The second kappa shape index (κ2) is 5.86. The number of ether oxygens (including phenoxy) is 1. The molecule has 1 saturated heterocycles. The summed E-state index contributed by atoms with van der Waals surface area (Å²) in [4.78, 5) is 0. The van der Waals surface area contributed by atoms with E-state index in [0.717, 1.165) is 12.1 Å². The van der Waals surface area contributed by atoms with Crippen LogP contribution in [0.3, 0.4) is 0 Å². The van der Waals surface area contributed by atoms with Crippen molar-refractivity contribution in [3.05, 3.63) is 35.1 Å². The number of benzene rings is 1. The molecule has 1 heterocycles. The molecule has 1 aromatic carbocycles. The van der Waals surface area contributed by atoms with Gasteiger partial charge in [-0.05, 0) is 17.7 Å². The van der Waals surface area contributed by atoms with Crippen molar-refractivity contribution in [2.75, 3.05) is 19.8 Å². The van der Waals surface area contributed by atoms with Gasteiger partial charge in [0.2, 0.25) is 0 Å².